The Balaban J connectivity index is 1.98. The molecule has 1 saturated heterocycles. The number of nitrogens with zero attached hydrogens (tertiary/aromatic N) is 1. The van der Waals surface area contributed by atoms with E-state index in [1.165, 1.54) is 6.92 Å². The summed E-state index contributed by atoms with van der Waals surface area (Å²) < 4.78 is 5.14. The molecule has 20 heavy (non-hydrogen) atoms. The molecule has 2 amide bonds. The molecule has 0 unspecified atom stereocenters. The third kappa shape index (κ3) is 3.36. The second kappa shape index (κ2) is 6.52. The number of hydrogen-bond acceptors (Lipinski definition) is 3. The van der Waals surface area contributed by atoms with E-state index in [1.54, 1.807) is 31.4 Å². The first-order valence-corrected chi connectivity index (χ1v) is 6.79. The Morgan fingerprint density at radius 3 is 2.65 bits per heavy atom. The Bertz CT molecular complexity index is 484. The highest BCUT2D eigenvalue weighted by atomic mass is 16.5. The van der Waals surface area contributed by atoms with Crippen LogP contribution in [-0.2, 0) is 4.74 Å². The van der Waals surface area contributed by atoms with Gasteiger partial charge in [-0.25, -0.2) is 4.79 Å². The summed E-state index contributed by atoms with van der Waals surface area (Å²) in [4.78, 5) is 25.2. The zero-order valence-corrected chi connectivity index (χ0v) is 11.9. The van der Waals surface area contributed by atoms with Crippen LogP contribution in [-0.4, -0.2) is 43.0 Å². The summed E-state index contributed by atoms with van der Waals surface area (Å²) in [5.74, 6) is 0.0163. The molecule has 0 bridgehead atoms. The number of likely N-dealkylation sites (tertiary alicyclic amines) is 1. The van der Waals surface area contributed by atoms with Gasteiger partial charge in [0.15, 0.2) is 5.78 Å². The van der Waals surface area contributed by atoms with E-state index >= 15 is 0 Å². The van der Waals surface area contributed by atoms with Gasteiger partial charge in [-0.3, -0.25) is 4.79 Å². The Morgan fingerprint density at radius 1 is 1.35 bits per heavy atom. The highest BCUT2D eigenvalue weighted by Gasteiger charge is 2.28. The van der Waals surface area contributed by atoms with Gasteiger partial charge in [0.05, 0.1) is 12.6 Å². The highest BCUT2D eigenvalue weighted by Crippen LogP contribution is 2.19. The summed E-state index contributed by atoms with van der Waals surface area (Å²) in [5.41, 5.74) is 1.34. The summed E-state index contributed by atoms with van der Waals surface area (Å²) in [7, 11) is 1.65. The van der Waals surface area contributed by atoms with E-state index in [0.29, 0.717) is 17.9 Å². The van der Waals surface area contributed by atoms with Crippen LogP contribution in [0.25, 0.3) is 0 Å². The van der Waals surface area contributed by atoms with Crippen molar-refractivity contribution in [1.82, 2.24) is 4.90 Å². The van der Waals surface area contributed by atoms with E-state index in [4.69, 9.17) is 4.74 Å². The van der Waals surface area contributed by atoms with Crippen molar-refractivity contribution in [3.05, 3.63) is 29.8 Å². The van der Waals surface area contributed by atoms with Gasteiger partial charge in [0, 0.05) is 24.9 Å². The summed E-state index contributed by atoms with van der Waals surface area (Å²) in [6.45, 7) is 2.84. The van der Waals surface area contributed by atoms with E-state index in [-0.39, 0.29) is 17.9 Å². The number of nitrogens with one attached hydrogen (secondary N) is 1. The molecular formula is C15H20N2O3. The molecule has 1 N–H and O–H groups in total. The average Bonchev–Trinajstić information content (AvgIpc) is 2.88. The lowest BCUT2D eigenvalue weighted by Crippen LogP contribution is -2.40. The van der Waals surface area contributed by atoms with Crippen LogP contribution in [0, 0.1) is 0 Å². The lowest BCUT2D eigenvalue weighted by atomic mass is 10.1. The number of ether oxygens (including phenoxy) is 1. The SMILES string of the molecule is COC[C@@H]1CCCN1C(=O)Nc1ccc(C(C)=O)cc1. The molecule has 0 aliphatic carbocycles. The number of carbonyl (C=O) groups excluding carboxylic acids is 2. The summed E-state index contributed by atoms with van der Waals surface area (Å²) in [6, 6.07) is 6.96. The number of methoxy groups -OCH3 is 1. The lowest BCUT2D eigenvalue weighted by Gasteiger charge is -2.24. The number of rotatable bonds is 4. The predicted molar refractivity (Wildman–Crippen MR) is 77.1 cm³/mol. The Kier molecular flexibility index (Phi) is 4.74. The normalized spacial score (nSPS) is 18.1. The number of urea groups is 1. The number of anilines is 1. The third-order valence-corrected chi connectivity index (χ3v) is 3.54. The molecule has 1 aromatic carbocycles. The number of benzene rings is 1. The van der Waals surface area contributed by atoms with Gasteiger partial charge in [-0.1, -0.05) is 0 Å². The van der Waals surface area contributed by atoms with E-state index in [9.17, 15) is 9.59 Å². The molecule has 1 fully saturated rings. The fraction of sp³-hybridized carbons (Fsp3) is 0.467. The van der Waals surface area contributed by atoms with Crippen LogP contribution in [0.4, 0.5) is 10.5 Å². The molecule has 1 aromatic rings. The first-order chi connectivity index (χ1) is 9.61. The second-order valence-electron chi connectivity index (χ2n) is 5.01. The van der Waals surface area contributed by atoms with Crippen LogP contribution >= 0.6 is 0 Å². The number of carbonyl (C=O) groups is 2. The molecule has 1 atom stereocenters. The monoisotopic (exact) mass is 276 g/mol. The minimum atomic E-state index is -0.111. The Hall–Kier alpha value is -1.88. The first kappa shape index (κ1) is 14.5. The third-order valence-electron chi connectivity index (χ3n) is 3.54. The number of ketones is 1. The van der Waals surface area contributed by atoms with Crippen molar-refractivity contribution in [3.63, 3.8) is 0 Å². The molecule has 5 heteroatoms. The summed E-state index contributed by atoms with van der Waals surface area (Å²) >= 11 is 0. The van der Waals surface area contributed by atoms with Crippen LogP contribution < -0.4 is 5.32 Å². The van der Waals surface area contributed by atoms with Gasteiger partial charge in [0.1, 0.15) is 0 Å². The fourth-order valence-electron chi connectivity index (χ4n) is 2.45. The maximum atomic E-state index is 12.2. The highest BCUT2D eigenvalue weighted by molar-refractivity contribution is 5.95. The largest absolute Gasteiger partial charge is 0.383 e. The van der Waals surface area contributed by atoms with Crippen molar-refractivity contribution in [2.75, 3.05) is 25.6 Å². The van der Waals surface area contributed by atoms with Crippen LogP contribution in [0.5, 0.6) is 0 Å². The van der Waals surface area contributed by atoms with Crippen molar-refractivity contribution in [3.8, 4) is 0 Å². The van der Waals surface area contributed by atoms with Crippen LogP contribution in [0.1, 0.15) is 30.1 Å². The number of amides is 2. The summed E-state index contributed by atoms with van der Waals surface area (Å²) in [6.07, 6.45) is 1.98. The molecule has 1 aliphatic rings. The van der Waals surface area contributed by atoms with Gasteiger partial charge < -0.3 is 15.0 Å². The quantitative estimate of drug-likeness (QED) is 0.860. The van der Waals surface area contributed by atoms with Crippen molar-refractivity contribution in [2.24, 2.45) is 0 Å². The van der Waals surface area contributed by atoms with Gasteiger partial charge in [0.2, 0.25) is 0 Å². The van der Waals surface area contributed by atoms with E-state index < -0.39 is 0 Å². The molecule has 1 aliphatic heterocycles. The van der Waals surface area contributed by atoms with E-state index in [2.05, 4.69) is 5.32 Å². The minimum absolute atomic E-state index is 0.0163. The lowest BCUT2D eigenvalue weighted by molar-refractivity contribution is 0.101. The van der Waals surface area contributed by atoms with Crippen molar-refractivity contribution in [2.45, 2.75) is 25.8 Å². The molecule has 5 nitrogen and oxygen atoms in total. The molecular weight excluding hydrogens is 256 g/mol. The molecule has 0 aromatic heterocycles. The topological polar surface area (TPSA) is 58.6 Å². The molecule has 0 radical (unpaired) electrons. The van der Waals surface area contributed by atoms with Gasteiger partial charge in [-0.05, 0) is 44.0 Å². The fourth-order valence-corrected chi connectivity index (χ4v) is 2.45. The molecule has 2 rings (SSSR count). The van der Waals surface area contributed by atoms with E-state index in [0.717, 1.165) is 19.4 Å². The van der Waals surface area contributed by atoms with Crippen molar-refractivity contribution in [1.29, 1.82) is 0 Å². The molecule has 0 saturated carbocycles. The van der Waals surface area contributed by atoms with Gasteiger partial charge in [-0.2, -0.15) is 0 Å². The van der Waals surface area contributed by atoms with Gasteiger partial charge in [0.25, 0.3) is 0 Å². The van der Waals surface area contributed by atoms with Crippen LogP contribution in [0.3, 0.4) is 0 Å². The maximum Gasteiger partial charge on any atom is 0.322 e. The zero-order valence-electron chi connectivity index (χ0n) is 11.9. The van der Waals surface area contributed by atoms with Crippen molar-refractivity contribution >= 4 is 17.5 Å². The molecule has 108 valence electrons. The van der Waals surface area contributed by atoms with Crippen molar-refractivity contribution < 1.29 is 14.3 Å². The predicted octanol–water partition coefficient (Wildman–Crippen LogP) is 2.53. The summed E-state index contributed by atoms with van der Waals surface area (Å²) in [5, 5.41) is 2.86. The number of Topliss-reactive ketones (excluding diaryl/α,β-unsaturated/α-hetero) is 1. The van der Waals surface area contributed by atoms with Gasteiger partial charge in [-0.15, -0.1) is 0 Å². The minimum Gasteiger partial charge on any atom is -0.383 e. The Morgan fingerprint density at radius 2 is 2.05 bits per heavy atom. The van der Waals surface area contributed by atoms with Crippen LogP contribution in [0.15, 0.2) is 24.3 Å². The van der Waals surface area contributed by atoms with E-state index in [1.807, 2.05) is 4.90 Å². The molecule has 1 heterocycles. The zero-order chi connectivity index (χ0) is 14.5. The van der Waals surface area contributed by atoms with Gasteiger partial charge >= 0.3 is 6.03 Å². The smallest absolute Gasteiger partial charge is 0.322 e. The second-order valence-corrected chi connectivity index (χ2v) is 5.01. The Labute approximate surface area is 118 Å². The van der Waals surface area contributed by atoms with Crippen LogP contribution in [0.2, 0.25) is 0 Å². The number of hydrogen-bond donors (Lipinski definition) is 1. The standard InChI is InChI=1S/C15H20N2O3/c1-11(18)12-5-7-13(8-6-12)16-15(19)17-9-3-4-14(17)10-20-2/h5-8,14H,3-4,9-10H2,1-2H3,(H,16,19)/t14-/m0/s1. The average molecular weight is 276 g/mol. The maximum absolute atomic E-state index is 12.2. The molecule has 0 spiro atoms. The first-order valence-electron chi connectivity index (χ1n) is 6.79.